The van der Waals surface area contributed by atoms with Crippen LogP contribution in [0.3, 0.4) is 0 Å². The Morgan fingerprint density at radius 3 is 2.39 bits per heavy atom. The van der Waals surface area contributed by atoms with Gasteiger partial charge in [0.05, 0.1) is 25.3 Å². The van der Waals surface area contributed by atoms with Crippen molar-refractivity contribution in [3.8, 4) is 16.9 Å². The van der Waals surface area contributed by atoms with Crippen LogP contribution in [0.2, 0.25) is 0 Å². The molecule has 0 aromatic heterocycles. The molecule has 2 saturated heterocycles. The molecule has 1 N–H and O–H groups in total. The molecule has 2 heterocycles. The van der Waals surface area contributed by atoms with Crippen LogP contribution in [-0.2, 0) is 14.3 Å². The van der Waals surface area contributed by atoms with Gasteiger partial charge in [0.15, 0.2) is 0 Å². The highest BCUT2D eigenvalue weighted by molar-refractivity contribution is 5.83. The van der Waals surface area contributed by atoms with E-state index in [0.29, 0.717) is 13.1 Å². The highest BCUT2D eigenvalue weighted by atomic mass is 16.5. The van der Waals surface area contributed by atoms with E-state index in [2.05, 4.69) is 12.1 Å². The van der Waals surface area contributed by atoms with E-state index < -0.39 is 5.54 Å². The Hall–Kier alpha value is -2.90. The molecule has 164 valence electrons. The number of aliphatic hydroxyl groups excluding tert-OH is 1. The van der Waals surface area contributed by atoms with Crippen LogP contribution >= 0.6 is 0 Å². The third-order valence-corrected chi connectivity index (χ3v) is 6.55. The van der Waals surface area contributed by atoms with Gasteiger partial charge in [-0.25, -0.2) is 0 Å². The van der Waals surface area contributed by atoms with Gasteiger partial charge in [-0.05, 0) is 28.8 Å². The van der Waals surface area contributed by atoms with Crippen LogP contribution < -0.4 is 4.74 Å². The fourth-order valence-electron chi connectivity index (χ4n) is 5.12. The molecule has 0 bridgehead atoms. The Labute approximate surface area is 182 Å². The summed E-state index contributed by atoms with van der Waals surface area (Å²) < 4.78 is 10.4. The van der Waals surface area contributed by atoms with Crippen molar-refractivity contribution in [1.29, 1.82) is 0 Å². The van der Waals surface area contributed by atoms with Crippen molar-refractivity contribution in [2.24, 2.45) is 0 Å². The molecule has 2 aliphatic heterocycles. The number of carbonyl (C=O) groups is 2. The second kappa shape index (κ2) is 8.32. The summed E-state index contributed by atoms with van der Waals surface area (Å²) in [5, 5.41) is 10.1. The van der Waals surface area contributed by atoms with Crippen molar-refractivity contribution in [3.05, 3.63) is 54.1 Å². The lowest BCUT2D eigenvalue weighted by molar-refractivity contribution is -0.204. The third-order valence-electron chi connectivity index (χ3n) is 6.55. The summed E-state index contributed by atoms with van der Waals surface area (Å²) in [6.07, 6.45) is 0. The number of methoxy groups -OCH3 is 2. The maximum absolute atomic E-state index is 12.7. The number of rotatable bonds is 6. The number of carbonyl (C=O) groups excluding carboxylic acids is 2. The topological polar surface area (TPSA) is 79.3 Å². The number of likely N-dealkylation sites (tertiary alicyclic amines) is 2. The maximum atomic E-state index is 12.7. The predicted molar refractivity (Wildman–Crippen MR) is 116 cm³/mol. The molecule has 2 amide bonds. The number of nitrogens with zero attached hydrogens (tertiary/aromatic N) is 2. The first-order valence-electron chi connectivity index (χ1n) is 10.4. The van der Waals surface area contributed by atoms with E-state index in [4.69, 9.17) is 9.47 Å². The Morgan fingerprint density at radius 1 is 1.10 bits per heavy atom. The van der Waals surface area contributed by atoms with Crippen LogP contribution in [0.4, 0.5) is 0 Å². The molecule has 2 atom stereocenters. The molecule has 2 fully saturated rings. The summed E-state index contributed by atoms with van der Waals surface area (Å²) >= 11 is 0. The first-order valence-corrected chi connectivity index (χ1v) is 10.4. The summed E-state index contributed by atoms with van der Waals surface area (Å²) in [7, 11) is 3.13. The number of ether oxygens (including phenoxy) is 2. The summed E-state index contributed by atoms with van der Waals surface area (Å²) in [6.45, 7) is 2.29. The fraction of sp³-hybridized carbons (Fsp3) is 0.417. The molecule has 0 radical (unpaired) electrons. The van der Waals surface area contributed by atoms with Crippen molar-refractivity contribution >= 4 is 11.8 Å². The van der Waals surface area contributed by atoms with Crippen molar-refractivity contribution < 1.29 is 24.2 Å². The lowest BCUT2D eigenvalue weighted by atomic mass is 9.60. The fourth-order valence-corrected chi connectivity index (χ4v) is 5.12. The Kier molecular flexibility index (Phi) is 5.73. The maximum Gasteiger partial charge on any atom is 0.249 e. The zero-order valence-electron chi connectivity index (χ0n) is 18.1. The van der Waals surface area contributed by atoms with E-state index in [0.717, 1.165) is 22.4 Å². The summed E-state index contributed by atoms with van der Waals surface area (Å²) in [5.41, 5.74) is 2.67. The van der Waals surface area contributed by atoms with E-state index in [1.807, 2.05) is 36.4 Å². The smallest absolute Gasteiger partial charge is 0.249 e. The zero-order valence-corrected chi connectivity index (χ0v) is 18.1. The van der Waals surface area contributed by atoms with Crippen LogP contribution in [0, 0.1) is 0 Å². The minimum atomic E-state index is -0.494. The van der Waals surface area contributed by atoms with Gasteiger partial charge in [-0.15, -0.1) is 0 Å². The van der Waals surface area contributed by atoms with Gasteiger partial charge in [-0.1, -0.05) is 36.4 Å². The van der Waals surface area contributed by atoms with Gasteiger partial charge in [0.1, 0.15) is 12.4 Å². The molecule has 1 spiro atoms. The molecule has 7 nitrogen and oxygen atoms in total. The Morgan fingerprint density at radius 2 is 1.81 bits per heavy atom. The first-order chi connectivity index (χ1) is 14.9. The van der Waals surface area contributed by atoms with Gasteiger partial charge in [-0.3, -0.25) is 9.59 Å². The van der Waals surface area contributed by atoms with Gasteiger partial charge in [0, 0.05) is 33.0 Å². The molecule has 0 aliphatic carbocycles. The van der Waals surface area contributed by atoms with E-state index in [9.17, 15) is 14.7 Å². The molecule has 0 saturated carbocycles. The number of amides is 2. The normalized spacial score (nSPS) is 21.4. The van der Waals surface area contributed by atoms with Crippen LogP contribution in [-0.4, -0.2) is 78.8 Å². The lowest BCUT2D eigenvalue weighted by Gasteiger charge is -2.70. The lowest BCUT2D eigenvalue weighted by Crippen LogP contribution is -2.86. The first kappa shape index (κ1) is 21.3. The van der Waals surface area contributed by atoms with E-state index in [1.165, 1.54) is 14.0 Å². The molecular formula is C24H28N2O5. The molecule has 2 aromatic rings. The SMILES string of the molecule is COCC(=O)N1[C@@H](CO)[C@H](c2ccc(-c3cccc(OC)c3)cc2)C12CN(C(C)=O)C2. The molecule has 4 rings (SSSR count). The second-order valence-corrected chi connectivity index (χ2v) is 8.26. The van der Waals surface area contributed by atoms with E-state index >= 15 is 0 Å². The number of hydrogen-bond donors (Lipinski definition) is 1. The monoisotopic (exact) mass is 424 g/mol. The van der Waals surface area contributed by atoms with Crippen LogP contribution in [0.15, 0.2) is 48.5 Å². The molecule has 2 aromatic carbocycles. The van der Waals surface area contributed by atoms with Gasteiger partial charge in [0.25, 0.3) is 0 Å². The molecule has 0 unspecified atom stereocenters. The largest absolute Gasteiger partial charge is 0.497 e. The van der Waals surface area contributed by atoms with Crippen molar-refractivity contribution in [2.45, 2.75) is 24.4 Å². The average molecular weight is 424 g/mol. The minimum absolute atomic E-state index is 0.00987. The number of hydrogen-bond acceptors (Lipinski definition) is 5. The summed E-state index contributed by atoms with van der Waals surface area (Å²) in [5.74, 6) is 0.581. The molecule has 7 heteroatoms. The standard InChI is InChI=1S/C24H28N2O5/c1-16(28)25-14-24(15-25)23(21(12-27)26(24)22(29)13-30-2)18-9-7-17(8-10-18)19-5-4-6-20(11-19)31-3/h4-11,21,23,27H,12-15H2,1-3H3/t21-,23-/m0/s1. The second-order valence-electron chi connectivity index (χ2n) is 8.26. The van der Waals surface area contributed by atoms with E-state index in [1.54, 1.807) is 16.9 Å². The van der Waals surface area contributed by atoms with Crippen molar-refractivity contribution in [2.75, 3.05) is 40.5 Å². The van der Waals surface area contributed by atoms with Crippen LogP contribution in [0.25, 0.3) is 11.1 Å². The van der Waals surface area contributed by atoms with Crippen molar-refractivity contribution in [3.63, 3.8) is 0 Å². The highest BCUT2D eigenvalue weighted by Gasteiger charge is 2.67. The predicted octanol–water partition coefficient (Wildman–Crippen LogP) is 1.90. The molecule has 2 aliphatic rings. The quantitative estimate of drug-likeness (QED) is 0.766. The number of benzene rings is 2. The summed E-state index contributed by atoms with van der Waals surface area (Å²) in [6, 6.07) is 15.7. The van der Waals surface area contributed by atoms with Crippen molar-refractivity contribution in [1.82, 2.24) is 9.80 Å². The van der Waals surface area contributed by atoms with Gasteiger partial charge in [-0.2, -0.15) is 0 Å². The minimum Gasteiger partial charge on any atom is -0.497 e. The zero-order chi connectivity index (χ0) is 22.2. The summed E-state index contributed by atoms with van der Waals surface area (Å²) in [4.78, 5) is 28.0. The van der Waals surface area contributed by atoms with Gasteiger partial charge in [0.2, 0.25) is 11.8 Å². The average Bonchev–Trinajstić information content (AvgIpc) is 2.73. The van der Waals surface area contributed by atoms with E-state index in [-0.39, 0.29) is 37.0 Å². The Bertz CT molecular complexity index is 968. The molecular weight excluding hydrogens is 396 g/mol. The molecule has 31 heavy (non-hydrogen) atoms. The van der Waals surface area contributed by atoms with Gasteiger partial charge < -0.3 is 24.4 Å². The third kappa shape index (κ3) is 3.47. The van der Waals surface area contributed by atoms with Crippen LogP contribution in [0.5, 0.6) is 5.75 Å². The Balaban J connectivity index is 1.63. The van der Waals surface area contributed by atoms with Gasteiger partial charge >= 0.3 is 0 Å². The number of aliphatic hydroxyl groups is 1. The highest BCUT2D eigenvalue weighted by Crippen LogP contribution is 2.54. The van der Waals surface area contributed by atoms with Crippen LogP contribution in [0.1, 0.15) is 18.4 Å².